The van der Waals surface area contributed by atoms with Gasteiger partial charge in [-0.2, -0.15) is 11.3 Å². The van der Waals surface area contributed by atoms with Crippen molar-refractivity contribution in [2.24, 2.45) is 0 Å². The number of halogens is 1. The van der Waals surface area contributed by atoms with Crippen LogP contribution in [-0.4, -0.2) is 0 Å². The summed E-state index contributed by atoms with van der Waals surface area (Å²) in [5.41, 5.74) is 2.18. The Hall–Kier alpha value is -0.990. The van der Waals surface area contributed by atoms with Crippen molar-refractivity contribution in [3.05, 3.63) is 46.1 Å². The molecule has 1 N–H and O–H groups in total. The monoisotopic (exact) mass is 209 g/mol. The van der Waals surface area contributed by atoms with Gasteiger partial charge in [0.2, 0.25) is 0 Å². The van der Waals surface area contributed by atoms with Gasteiger partial charge in [-0.1, -0.05) is 11.6 Å². The molecule has 0 amide bonds. The van der Waals surface area contributed by atoms with Crippen molar-refractivity contribution in [3.8, 4) is 0 Å². The van der Waals surface area contributed by atoms with Crippen molar-refractivity contribution in [2.45, 2.75) is 0 Å². The van der Waals surface area contributed by atoms with E-state index >= 15 is 0 Å². The molecule has 0 saturated heterocycles. The molecule has 0 fully saturated rings. The average Bonchev–Trinajstić information content (AvgIpc) is 2.62. The largest absolute Gasteiger partial charge is 0.355 e. The van der Waals surface area contributed by atoms with E-state index in [1.54, 1.807) is 11.3 Å². The SMILES string of the molecule is Clc1ccc(Nc2ccsc2)cc1. The quantitative estimate of drug-likeness (QED) is 0.784. The summed E-state index contributed by atoms with van der Waals surface area (Å²) in [6.45, 7) is 0. The van der Waals surface area contributed by atoms with Gasteiger partial charge in [-0.15, -0.1) is 0 Å². The van der Waals surface area contributed by atoms with Crippen LogP contribution < -0.4 is 5.32 Å². The van der Waals surface area contributed by atoms with E-state index in [-0.39, 0.29) is 0 Å². The van der Waals surface area contributed by atoms with Gasteiger partial charge in [0.05, 0.1) is 0 Å². The number of benzene rings is 1. The predicted molar refractivity (Wildman–Crippen MR) is 59.1 cm³/mol. The molecule has 0 atom stereocenters. The topological polar surface area (TPSA) is 12.0 Å². The van der Waals surface area contributed by atoms with E-state index in [0.29, 0.717) is 0 Å². The first-order valence-corrected chi connectivity index (χ1v) is 5.21. The second-order valence-corrected chi connectivity index (χ2v) is 3.86. The van der Waals surface area contributed by atoms with Crippen molar-refractivity contribution >= 4 is 34.3 Å². The molecule has 0 aliphatic rings. The smallest absolute Gasteiger partial charge is 0.0492 e. The van der Waals surface area contributed by atoms with E-state index in [1.807, 2.05) is 35.7 Å². The lowest BCUT2D eigenvalue weighted by Gasteiger charge is -2.02. The molecule has 1 aromatic carbocycles. The van der Waals surface area contributed by atoms with Crippen LogP contribution >= 0.6 is 22.9 Å². The van der Waals surface area contributed by atoms with Crippen LogP contribution in [-0.2, 0) is 0 Å². The Balaban J connectivity index is 2.15. The van der Waals surface area contributed by atoms with Crippen LogP contribution in [0.5, 0.6) is 0 Å². The summed E-state index contributed by atoms with van der Waals surface area (Å²) in [6, 6.07) is 9.70. The van der Waals surface area contributed by atoms with E-state index in [2.05, 4.69) is 10.7 Å². The Morgan fingerprint density at radius 1 is 1.00 bits per heavy atom. The van der Waals surface area contributed by atoms with E-state index in [1.165, 1.54) is 0 Å². The summed E-state index contributed by atoms with van der Waals surface area (Å²) < 4.78 is 0. The molecule has 3 heteroatoms. The number of hydrogen-bond acceptors (Lipinski definition) is 2. The second kappa shape index (κ2) is 3.81. The van der Waals surface area contributed by atoms with Crippen LogP contribution in [0.1, 0.15) is 0 Å². The summed E-state index contributed by atoms with van der Waals surface area (Å²) in [7, 11) is 0. The Kier molecular flexibility index (Phi) is 2.52. The number of rotatable bonds is 2. The molecule has 2 aromatic rings. The van der Waals surface area contributed by atoms with Crippen LogP contribution in [0, 0.1) is 0 Å². The average molecular weight is 210 g/mol. The summed E-state index contributed by atoms with van der Waals surface area (Å²) in [5, 5.41) is 8.13. The fraction of sp³-hybridized carbons (Fsp3) is 0. The van der Waals surface area contributed by atoms with Gasteiger partial charge in [-0.05, 0) is 35.7 Å². The zero-order valence-corrected chi connectivity index (χ0v) is 8.40. The van der Waals surface area contributed by atoms with Gasteiger partial charge < -0.3 is 5.32 Å². The third kappa shape index (κ3) is 2.23. The van der Waals surface area contributed by atoms with Crippen LogP contribution in [0.25, 0.3) is 0 Å². The maximum atomic E-state index is 5.77. The fourth-order valence-electron chi connectivity index (χ4n) is 1.04. The summed E-state index contributed by atoms with van der Waals surface area (Å²) in [5.74, 6) is 0. The molecular formula is C10H8ClNS. The zero-order chi connectivity index (χ0) is 9.10. The third-order valence-corrected chi connectivity index (χ3v) is 2.59. The molecule has 1 heterocycles. The minimum atomic E-state index is 0.760. The molecule has 0 aliphatic carbocycles. The second-order valence-electron chi connectivity index (χ2n) is 2.64. The van der Waals surface area contributed by atoms with Crippen molar-refractivity contribution in [1.29, 1.82) is 0 Å². The van der Waals surface area contributed by atoms with E-state index < -0.39 is 0 Å². The minimum Gasteiger partial charge on any atom is -0.355 e. The van der Waals surface area contributed by atoms with Crippen molar-refractivity contribution in [3.63, 3.8) is 0 Å². The highest BCUT2D eigenvalue weighted by atomic mass is 35.5. The molecule has 13 heavy (non-hydrogen) atoms. The lowest BCUT2D eigenvalue weighted by molar-refractivity contribution is 1.59. The maximum absolute atomic E-state index is 5.77. The minimum absolute atomic E-state index is 0.760. The molecule has 0 spiro atoms. The summed E-state index contributed by atoms with van der Waals surface area (Å²) in [4.78, 5) is 0. The number of hydrogen-bond donors (Lipinski definition) is 1. The van der Waals surface area contributed by atoms with Gasteiger partial charge >= 0.3 is 0 Å². The lowest BCUT2D eigenvalue weighted by Crippen LogP contribution is -1.86. The highest BCUT2D eigenvalue weighted by molar-refractivity contribution is 7.08. The first-order chi connectivity index (χ1) is 6.34. The number of nitrogens with one attached hydrogen (secondary N) is 1. The van der Waals surface area contributed by atoms with Crippen molar-refractivity contribution in [1.82, 2.24) is 0 Å². The van der Waals surface area contributed by atoms with Crippen LogP contribution in [0.4, 0.5) is 11.4 Å². The summed E-state index contributed by atoms with van der Waals surface area (Å²) in [6.07, 6.45) is 0. The highest BCUT2D eigenvalue weighted by Crippen LogP contribution is 2.20. The molecule has 0 unspecified atom stereocenters. The lowest BCUT2D eigenvalue weighted by atomic mass is 10.3. The van der Waals surface area contributed by atoms with Crippen molar-refractivity contribution in [2.75, 3.05) is 5.32 Å². The highest BCUT2D eigenvalue weighted by Gasteiger charge is 1.93. The zero-order valence-electron chi connectivity index (χ0n) is 6.83. The van der Waals surface area contributed by atoms with E-state index in [0.717, 1.165) is 16.4 Å². The van der Waals surface area contributed by atoms with Crippen LogP contribution in [0.15, 0.2) is 41.1 Å². The van der Waals surface area contributed by atoms with Gasteiger partial charge in [-0.3, -0.25) is 0 Å². The Morgan fingerprint density at radius 2 is 1.77 bits per heavy atom. The van der Waals surface area contributed by atoms with Crippen molar-refractivity contribution < 1.29 is 0 Å². The Morgan fingerprint density at radius 3 is 2.38 bits per heavy atom. The molecule has 1 aromatic heterocycles. The molecular weight excluding hydrogens is 202 g/mol. The van der Waals surface area contributed by atoms with Crippen LogP contribution in [0.2, 0.25) is 5.02 Å². The normalized spacial score (nSPS) is 9.92. The molecule has 0 bridgehead atoms. The van der Waals surface area contributed by atoms with Gasteiger partial charge in [0.25, 0.3) is 0 Å². The van der Waals surface area contributed by atoms with Crippen LogP contribution in [0.3, 0.4) is 0 Å². The predicted octanol–water partition coefficient (Wildman–Crippen LogP) is 4.15. The first-order valence-electron chi connectivity index (χ1n) is 3.89. The Bertz CT molecular complexity index is 366. The summed E-state index contributed by atoms with van der Waals surface area (Å²) >= 11 is 7.44. The fourth-order valence-corrected chi connectivity index (χ4v) is 1.75. The first kappa shape index (κ1) is 8.60. The molecule has 2 rings (SSSR count). The maximum Gasteiger partial charge on any atom is 0.0492 e. The molecule has 66 valence electrons. The standard InChI is InChI=1S/C10H8ClNS/c11-8-1-3-9(4-2-8)12-10-5-6-13-7-10/h1-7,12H. The van der Waals surface area contributed by atoms with Gasteiger partial charge in [0.1, 0.15) is 0 Å². The Labute approximate surface area is 86.0 Å². The number of thiophene rings is 1. The number of anilines is 2. The molecule has 0 saturated carbocycles. The van der Waals surface area contributed by atoms with E-state index in [4.69, 9.17) is 11.6 Å². The van der Waals surface area contributed by atoms with E-state index in [9.17, 15) is 0 Å². The molecule has 1 nitrogen and oxygen atoms in total. The molecule has 0 aliphatic heterocycles. The van der Waals surface area contributed by atoms with Gasteiger partial charge in [0, 0.05) is 21.8 Å². The van der Waals surface area contributed by atoms with Gasteiger partial charge in [-0.25, -0.2) is 0 Å². The molecule has 0 radical (unpaired) electrons. The third-order valence-electron chi connectivity index (χ3n) is 1.65. The van der Waals surface area contributed by atoms with Gasteiger partial charge in [0.15, 0.2) is 0 Å².